The largest absolute Gasteiger partial charge is 0.322 e. The van der Waals surface area contributed by atoms with Crippen molar-refractivity contribution in [2.75, 3.05) is 12.4 Å². The Labute approximate surface area is 180 Å². The zero-order valence-corrected chi connectivity index (χ0v) is 19.1. The molecule has 3 rings (SSSR count). The number of sulfonamides is 1. The van der Waals surface area contributed by atoms with E-state index >= 15 is 0 Å². The molecule has 1 amide bonds. The van der Waals surface area contributed by atoms with Crippen molar-refractivity contribution in [1.82, 2.24) is 4.31 Å². The Hall–Kier alpha value is -2.18. The first-order valence-electron chi connectivity index (χ1n) is 10.6. The monoisotopic (exact) mass is 428 g/mol. The van der Waals surface area contributed by atoms with Gasteiger partial charge in [-0.05, 0) is 60.2 Å². The third-order valence-electron chi connectivity index (χ3n) is 5.89. The molecule has 0 radical (unpaired) electrons. The van der Waals surface area contributed by atoms with Gasteiger partial charge in [0.15, 0.2) is 0 Å². The molecule has 2 aromatic carbocycles. The molecule has 6 heteroatoms. The Morgan fingerprint density at radius 1 is 0.933 bits per heavy atom. The standard InChI is InChI=1S/C24H32N2O3S/c1-24(2,3)19-12-10-18(11-13-19)23(27)25-20-14-16-22(17-15-20)30(28,29)26(4)21-8-6-5-7-9-21/h10-17,21H,5-9H2,1-4H3,(H,25,27). The van der Waals surface area contributed by atoms with Crippen LogP contribution < -0.4 is 5.32 Å². The first-order valence-corrected chi connectivity index (χ1v) is 12.0. The molecular formula is C24H32N2O3S. The molecule has 2 aromatic rings. The number of amides is 1. The van der Waals surface area contributed by atoms with Gasteiger partial charge in [0.2, 0.25) is 10.0 Å². The third-order valence-corrected chi connectivity index (χ3v) is 7.82. The average molecular weight is 429 g/mol. The van der Waals surface area contributed by atoms with Gasteiger partial charge in [0.1, 0.15) is 0 Å². The molecule has 0 saturated heterocycles. The Balaban J connectivity index is 1.68. The summed E-state index contributed by atoms with van der Waals surface area (Å²) in [6.45, 7) is 6.39. The summed E-state index contributed by atoms with van der Waals surface area (Å²) in [6.07, 6.45) is 5.16. The van der Waals surface area contributed by atoms with Crippen LogP contribution in [0.1, 0.15) is 68.8 Å². The van der Waals surface area contributed by atoms with Crippen LogP contribution in [0.4, 0.5) is 5.69 Å². The molecule has 0 atom stereocenters. The van der Waals surface area contributed by atoms with E-state index in [0.717, 1.165) is 31.2 Å². The summed E-state index contributed by atoms with van der Waals surface area (Å²) in [5.74, 6) is -0.217. The number of hydrogen-bond donors (Lipinski definition) is 1. The van der Waals surface area contributed by atoms with Crippen LogP contribution >= 0.6 is 0 Å². The van der Waals surface area contributed by atoms with E-state index in [1.807, 2.05) is 24.3 Å². The summed E-state index contributed by atoms with van der Waals surface area (Å²) in [4.78, 5) is 12.8. The number of nitrogens with zero attached hydrogens (tertiary/aromatic N) is 1. The van der Waals surface area contributed by atoms with Gasteiger partial charge in [-0.25, -0.2) is 8.42 Å². The zero-order valence-electron chi connectivity index (χ0n) is 18.3. The molecule has 0 bridgehead atoms. The first-order chi connectivity index (χ1) is 14.1. The van der Waals surface area contributed by atoms with Gasteiger partial charge in [-0.15, -0.1) is 0 Å². The molecule has 1 saturated carbocycles. The Bertz CT molecular complexity index is 969. The molecule has 0 aliphatic heterocycles. The van der Waals surface area contributed by atoms with Crippen LogP contribution in [0.25, 0.3) is 0 Å². The van der Waals surface area contributed by atoms with Gasteiger partial charge in [-0.1, -0.05) is 52.2 Å². The van der Waals surface area contributed by atoms with Crippen LogP contribution in [0.2, 0.25) is 0 Å². The second-order valence-corrected chi connectivity index (χ2v) is 11.1. The highest BCUT2D eigenvalue weighted by atomic mass is 32.2. The second kappa shape index (κ2) is 8.90. The average Bonchev–Trinajstić information content (AvgIpc) is 2.73. The lowest BCUT2D eigenvalue weighted by Crippen LogP contribution is -2.38. The highest BCUT2D eigenvalue weighted by molar-refractivity contribution is 7.89. The van der Waals surface area contributed by atoms with Gasteiger partial charge in [-0.2, -0.15) is 4.31 Å². The molecule has 0 unspecified atom stereocenters. The minimum atomic E-state index is -3.53. The summed E-state index contributed by atoms with van der Waals surface area (Å²) < 4.78 is 27.4. The Morgan fingerprint density at radius 2 is 1.50 bits per heavy atom. The molecule has 1 aliphatic carbocycles. The van der Waals surface area contributed by atoms with E-state index in [2.05, 4.69) is 26.1 Å². The minimum Gasteiger partial charge on any atom is -0.322 e. The van der Waals surface area contributed by atoms with Crippen molar-refractivity contribution in [3.05, 3.63) is 59.7 Å². The molecule has 30 heavy (non-hydrogen) atoms. The zero-order chi connectivity index (χ0) is 21.9. The van der Waals surface area contributed by atoms with Gasteiger partial charge >= 0.3 is 0 Å². The normalized spacial score (nSPS) is 15.9. The fourth-order valence-corrected chi connectivity index (χ4v) is 5.26. The van der Waals surface area contributed by atoms with E-state index in [9.17, 15) is 13.2 Å². The highest BCUT2D eigenvalue weighted by Gasteiger charge is 2.29. The summed E-state index contributed by atoms with van der Waals surface area (Å²) in [5.41, 5.74) is 2.33. The van der Waals surface area contributed by atoms with E-state index in [4.69, 9.17) is 0 Å². The molecule has 1 fully saturated rings. The van der Waals surface area contributed by atoms with Crippen LogP contribution in [0.15, 0.2) is 53.4 Å². The van der Waals surface area contributed by atoms with Crippen LogP contribution in [-0.4, -0.2) is 31.7 Å². The lowest BCUT2D eigenvalue weighted by Gasteiger charge is -2.30. The van der Waals surface area contributed by atoms with E-state index in [1.54, 1.807) is 31.3 Å². The van der Waals surface area contributed by atoms with Gasteiger partial charge in [0.05, 0.1) is 4.90 Å². The lowest BCUT2D eigenvalue weighted by atomic mass is 9.87. The molecule has 0 aromatic heterocycles. The van der Waals surface area contributed by atoms with Crippen LogP contribution in [0, 0.1) is 0 Å². The summed E-state index contributed by atoms with van der Waals surface area (Å²) in [6, 6.07) is 14.0. The van der Waals surface area contributed by atoms with Gasteiger partial charge in [0.25, 0.3) is 5.91 Å². The molecule has 0 spiro atoms. The van der Waals surface area contributed by atoms with Crippen LogP contribution in [0.3, 0.4) is 0 Å². The van der Waals surface area contributed by atoms with Gasteiger partial charge in [-0.3, -0.25) is 4.79 Å². The predicted octanol–water partition coefficient (Wildman–Crippen LogP) is 5.19. The third kappa shape index (κ3) is 5.10. The molecule has 1 aliphatic rings. The van der Waals surface area contributed by atoms with Crippen molar-refractivity contribution >= 4 is 21.6 Å². The van der Waals surface area contributed by atoms with E-state index in [-0.39, 0.29) is 22.3 Å². The van der Waals surface area contributed by atoms with E-state index in [1.165, 1.54) is 10.7 Å². The molecule has 5 nitrogen and oxygen atoms in total. The summed E-state index contributed by atoms with van der Waals surface area (Å²) >= 11 is 0. The molecule has 162 valence electrons. The second-order valence-electron chi connectivity index (χ2n) is 9.12. The maximum atomic E-state index is 12.9. The summed E-state index contributed by atoms with van der Waals surface area (Å²) in [5, 5.41) is 2.84. The summed E-state index contributed by atoms with van der Waals surface area (Å²) in [7, 11) is -1.87. The van der Waals surface area contributed by atoms with Crippen molar-refractivity contribution in [2.24, 2.45) is 0 Å². The number of rotatable bonds is 5. The van der Waals surface area contributed by atoms with Crippen LogP contribution in [0.5, 0.6) is 0 Å². The SMILES string of the molecule is CN(C1CCCCC1)S(=O)(=O)c1ccc(NC(=O)c2ccc(C(C)(C)C)cc2)cc1. The van der Waals surface area contributed by atoms with Crippen molar-refractivity contribution in [2.45, 2.75) is 69.2 Å². The van der Waals surface area contributed by atoms with E-state index in [0.29, 0.717) is 11.3 Å². The maximum absolute atomic E-state index is 12.9. The fourth-order valence-electron chi connectivity index (χ4n) is 3.84. The van der Waals surface area contributed by atoms with E-state index < -0.39 is 10.0 Å². The van der Waals surface area contributed by atoms with Crippen molar-refractivity contribution in [3.8, 4) is 0 Å². The van der Waals surface area contributed by atoms with Gasteiger partial charge < -0.3 is 5.32 Å². The van der Waals surface area contributed by atoms with Gasteiger partial charge in [0, 0.05) is 24.3 Å². The number of carbonyl (C=O) groups excluding carboxylic acids is 1. The highest BCUT2D eigenvalue weighted by Crippen LogP contribution is 2.27. The number of hydrogen-bond acceptors (Lipinski definition) is 3. The maximum Gasteiger partial charge on any atom is 0.255 e. The smallest absolute Gasteiger partial charge is 0.255 e. The topological polar surface area (TPSA) is 66.5 Å². The first kappa shape index (κ1) is 22.5. The molecular weight excluding hydrogens is 396 g/mol. The Kier molecular flexibility index (Phi) is 6.68. The molecule has 0 heterocycles. The quantitative estimate of drug-likeness (QED) is 0.713. The predicted molar refractivity (Wildman–Crippen MR) is 121 cm³/mol. The fraction of sp³-hybridized carbons (Fsp3) is 0.458. The van der Waals surface area contributed by atoms with Crippen molar-refractivity contribution in [1.29, 1.82) is 0 Å². The Morgan fingerprint density at radius 3 is 2.03 bits per heavy atom. The number of anilines is 1. The van der Waals surface area contributed by atoms with Crippen LogP contribution in [-0.2, 0) is 15.4 Å². The number of carbonyl (C=O) groups is 1. The number of nitrogens with one attached hydrogen (secondary N) is 1. The number of benzene rings is 2. The van der Waals surface area contributed by atoms with Crippen molar-refractivity contribution < 1.29 is 13.2 Å². The minimum absolute atomic E-state index is 0.0289. The lowest BCUT2D eigenvalue weighted by molar-refractivity contribution is 0.102. The molecule has 1 N–H and O–H groups in total. The van der Waals surface area contributed by atoms with Crippen molar-refractivity contribution in [3.63, 3.8) is 0 Å².